The highest BCUT2D eigenvalue weighted by Gasteiger charge is 2.17. The van der Waals surface area contributed by atoms with Gasteiger partial charge < -0.3 is 0 Å². The van der Waals surface area contributed by atoms with Crippen LogP contribution in [-0.4, -0.2) is 0 Å². The normalized spacial score (nSPS) is 17.5. The Hall–Kier alpha value is -1.30. The lowest BCUT2D eigenvalue weighted by molar-refractivity contribution is 0.445. The van der Waals surface area contributed by atoms with Crippen LogP contribution < -0.4 is 0 Å². The summed E-state index contributed by atoms with van der Waals surface area (Å²) in [6.45, 7) is 2.22. The molecule has 0 unspecified atom stereocenters. The number of fused-ring (bicyclic) bond motifs is 1. The van der Waals surface area contributed by atoms with Crippen LogP contribution in [0, 0.1) is 6.92 Å². The highest BCUT2D eigenvalue weighted by molar-refractivity contribution is 5.88. The highest BCUT2D eigenvalue weighted by Crippen LogP contribution is 2.36. The SMILES string of the molecule is Cc1ccc(C2CCCCC2)c2ccccc12. The van der Waals surface area contributed by atoms with E-state index in [-0.39, 0.29) is 0 Å². The van der Waals surface area contributed by atoms with Crippen LogP contribution in [0.3, 0.4) is 0 Å². The van der Waals surface area contributed by atoms with Gasteiger partial charge >= 0.3 is 0 Å². The molecule has 0 spiro atoms. The van der Waals surface area contributed by atoms with Gasteiger partial charge in [0.25, 0.3) is 0 Å². The minimum Gasteiger partial charge on any atom is -0.0616 e. The molecule has 1 saturated carbocycles. The first-order valence-corrected chi connectivity index (χ1v) is 6.84. The average Bonchev–Trinajstić information content (AvgIpc) is 2.41. The fraction of sp³-hybridized carbons (Fsp3) is 0.412. The monoisotopic (exact) mass is 224 g/mol. The molecule has 17 heavy (non-hydrogen) atoms. The predicted octanol–water partition coefficient (Wildman–Crippen LogP) is 5.20. The van der Waals surface area contributed by atoms with Gasteiger partial charge in [0, 0.05) is 0 Å². The van der Waals surface area contributed by atoms with E-state index in [4.69, 9.17) is 0 Å². The molecule has 0 heteroatoms. The van der Waals surface area contributed by atoms with Gasteiger partial charge in [0.05, 0.1) is 0 Å². The first-order valence-electron chi connectivity index (χ1n) is 6.84. The van der Waals surface area contributed by atoms with Crippen LogP contribution in [0.4, 0.5) is 0 Å². The molecule has 88 valence electrons. The van der Waals surface area contributed by atoms with Crippen molar-refractivity contribution in [3.05, 3.63) is 47.5 Å². The zero-order valence-corrected chi connectivity index (χ0v) is 10.6. The third-order valence-corrected chi connectivity index (χ3v) is 4.22. The van der Waals surface area contributed by atoms with E-state index in [0.29, 0.717) is 0 Å². The summed E-state index contributed by atoms with van der Waals surface area (Å²) < 4.78 is 0. The Bertz CT molecular complexity index is 519. The van der Waals surface area contributed by atoms with Crippen molar-refractivity contribution in [3.63, 3.8) is 0 Å². The molecule has 0 aromatic heterocycles. The second kappa shape index (κ2) is 4.52. The summed E-state index contributed by atoms with van der Waals surface area (Å²) in [6, 6.07) is 13.6. The molecule has 0 amide bonds. The van der Waals surface area contributed by atoms with Gasteiger partial charge in [-0.1, -0.05) is 55.7 Å². The number of hydrogen-bond acceptors (Lipinski definition) is 0. The fourth-order valence-electron chi connectivity index (χ4n) is 3.24. The molecular formula is C17H20. The number of hydrogen-bond donors (Lipinski definition) is 0. The standard InChI is InChI=1S/C17H20/c1-13-11-12-16(14-7-3-2-4-8-14)17-10-6-5-9-15(13)17/h5-6,9-12,14H,2-4,7-8H2,1H3. The van der Waals surface area contributed by atoms with Crippen molar-refractivity contribution in [2.24, 2.45) is 0 Å². The maximum Gasteiger partial charge on any atom is -0.0146 e. The summed E-state index contributed by atoms with van der Waals surface area (Å²) >= 11 is 0. The van der Waals surface area contributed by atoms with E-state index in [1.165, 1.54) is 48.4 Å². The van der Waals surface area contributed by atoms with E-state index >= 15 is 0 Å². The van der Waals surface area contributed by atoms with E-state index in [9.17, 15) is 0 Å². The predicted molar refractivity (Wildman–Crippen MR) is 74.5 cm³/mol. The highest BCUT2D eigenvalue weighted by atomic mass is 14.2. The summed E-state index contributed by atoms with van der Waals surface area (Å²) in [5.41, 5.74) is 2.99. The van der Waals surface area contributed by atoms with Gasteiger partial charge in [-0.3, -0.25) is 0 Å². The van der Waals surface area contributed by atoms with Gasteiger partial charge in [0.2, 0.25) is 0 Å². The molecule has 3 rings (SSSR count). The van der Waals surface area contributed by atoms with Gasteiger partial charge in [0.15, 0.2) is 0 Å². The molecule has 2 aromatic rings. The van der Waals surface area contributed by atoms with Gasteiger partial charge in [0.1, 0.15) is 0 Å². The molecule has 0 N–H and O–H groups in total. The van der Waals surface area contributed by atoms with Crippen molar-refractivity contribution in [2.45, 2.75) is 44.9 Å². The van der Waals surface area contributed by atoms with Crippen LogP contribution >= 0.6 is 0 Å². The lowest BCUT2D eigenvalue weighted by Crippen LogP contribution is -2.05. The van der Waals surface area contributed by atoms with Crippen LogP contribution in [-0.2, 0) is 0 Å². The number of benzene rings is 2. The Kier molecular flexibility index (Phi) is 2.88. The van der Waals surface area contributed by atoms with Crippen LogP contribution in [0.25, 0.3) is 10.8 Å². The zero-order chi connectivity index (χ0) is 11.7. The smallest absolute Gasteiger partial charge is 0.0146 e. The number of aryl methyl sites for hydroxylation is 1. The second-order valence-corrected chi connectivity index (χ2v) is 5.35. The van der Waals surface area contributed by atoms with E-state index < -0.39 is 0 Å². The third-order valence-electron chi connectivity index (χ3n) is 4.22. The first kappa shape index (κ1) is 10.8. The third kappa shape index (κ3) is 1.97. The van der Waals surface area contributed by atoms with Gasteiger partial charge in [-0.15, -0.1) is 0 Å². The second-order valence-electron chi connectivity index (χ2n) is 5.35. The Morgan fingerprint density at radius 3 is 2.29 bits per heavy atom. The van der Waals surface area contributed by atoms with E-state index in [1.54, 1.807) is 5.56 Å². The van der Waals surface area contributed by atoms with Crippen LogP contribution in [0.15, 0.2) is 36.4 Å². The molecule has 0 bridgehead atoms. The summed E-state index contributed by atoms with van der Waals surface area (Å²) in [5, 5.41) is 2.93. The van der Waals surface area contributed by atoms with Crippen molar-refractivity contribution in [1.29, 1.82) is 0 Å². The van der Waals surface area contributed by atoms with Crippen LogP contribution in [0.5, 0.6) is 0 Å². The zero-order valence-electron chi connectivity index (χ0n) is 10.6. The van der Waals surface area contributed by atoms with Crippen LogP contribution in [0.2, 0.25) is 0 Å². The van der Waals surface area contributed by atoms with E-state index in [2.05, 4.69) is 43.3 Å². The largest absolute Gasteiger partial charge is 0.0616 e. The first-order chi connectivity index (χ1) is 8.36. The van der Waals surface area contributed by atoms with Gasteiger partial charge in [-0.2, -0.15) is 0 Å². The lowest BCUT2D eigenvalue weighted by atomic mass is 9.81. The quantitative estimate of drug-likeness (QED) is 0.625. The molecule has 1 aliphatic rings. The average molecular weight is 224 g/mol. The van der Waals surface area contributed by atoms with Crippen LogP contribution in [0.1, 0.15) is 49.1 Å². The molecular weight excluding hydrogens is 204 g/mol. The topological polar surface area (TPSA) is 0 Å². The van der Waals surface area contributed by atoms with E-state index in [1.807, 2.05) is 0 Å². The van der Waals surface area contributed by atoms with Crippen molar-refractivity contribution < 1.29 is 0 Å². The Morgan fingerprint density at radius 1 is 0.824 bits per heavy atom. The maximum atomic E-state index is 2.37. The molecule has 0 heterocycles. The summed E-state index contributed by atoms with van der Waals surface area (Å²) in [7, 11) is 0. The lowest BCUT2D eigenvalue weighted by Gasteiger charge is -2.23. The molecule has 0 saturated heterocycles. The van der Waals surface area contributed by atoms with Crippen molar-refractivity contribution in [1.82, 2.24) is 0 Å². The number of rotatable bonds is 1. The molecule has 0 radical (unpaired) electrons. The van der Waals surface area contributed by atoms with Gasteiger partial charge in [-0.25, -0.2) is 0 Å². The molecule has 0 nitrogen and oxygen atoms in total. The fourth-order valence-corrected chi connectivity index (χ4v) is 3.24. The molecule has 0 atom stereocenters. The van der Waals surface area contributed by atoms with Crippen molar-refractivity contribution in [3.8, 4) is 0 Å². The summed E-state index contributed by atoms with van der Waals surface area (Å²) in [5.74, 6) is 0.800. The molecule has 2 aromatic carbocycles. The minimum absolute atomic E-state index is 0.800. The van der Waals surface area contributed by atoms with E-state index in [0.717, 1.165) is 5.92 Å². The van der Waals surface area contributed by atoms with Crippen molar-refractivity contribution in [2.75, 3.05) is 0 Å². The Balaban J connectivity index is 2.12. The Morgan fingerprint density at radius 2 is 1.53 bits per heavy atom. The Labute approximate surface area is 104 Å². The maximum absolute atomic E-state index is 2.37. The van der Waals surface area contributed by atoms with Gasteiger partial charge in [-0.05, 0) is 47.6 Å². The van der Waals surface area contributed by atoms with Crippen molar-refractivity contribution >= 4 is 10.8 Å². The molecule has 1 aliphatic carbocycles. The summed E-state index contributed by atoms with van der Waals surface area (Å²) in [4.78, 5) is 0. The molecule has 1 fully saturated rings. The molecule has 0 aliphatic heterocycles. The summed E-state index contributed by atoms with van der Waals surface area (Å²) in [6.07, 6.45) is 7.01. The minimum atomic E-state index is 0.800.